The van der Waals surface area contributed by atoms with Gasteiger partial charge in [0, 0.05) is 0 Å². The molecule has 140 valence electrons. The largest absolute Gasteiger partial charge is 0.495 e. The first kappa shape index (κ1) is 17.6. The molecule has 6 heteroatoms. The fraction of sp³-hybridized carbons (Fsp3) is 0.0909. The molecule has 1 heterocycles. The lowest BCUT2D eigenvalue weighted by atomic mass is 10.1. The molecule has 0 spiro atoms. The van der Waals surface area contributed by atoms with Crippen LogP contribution in [0.5, 0.6) is 17.4 Å². The molecule has 0 fully saturated rings. The van der Waals surface area contributed by atoms with Crippen LogP contribution in [0.1, 0.15) is 5.56 Å². The molecule has 0 bridgehead atoms. The predicted molar refractivity (Wildman–Crippen MR) is 111 cm³/mol. The molecular formula is C22H20N4O2. The van der Waals surface area contributed by atoms with Crippen LogP contribution >= 0.6 is 0 Å². The lowest BCUT2D eigenvalue weighted by Gasteiger charge is -2.14. The summed E-state index contributed by atoms with van der Waals surface area (Å²) in [6, 6.07) is 19.7. The second kappa shape index (κ2) is 7.44. The number of nitrogens with two attached hydrogens (primary N) is 1. The minimum Gasteiger partial charge on any atom is -0.495 e. The van der Waals surface area contributed by atoms with Crippen LogP contribution in [0.4, 0.5) is 17.2 Å². The Bertz CT molecular complexity index is 1140. The van der Waals surface area contributed by atoms with Gasteiger partial charge in [0.2, 0.25) is 5.88 Å². The quantitative estimate of drug-likeness (QED) is 0.509. The smallest absolute Gasteiger partial charge is 0.248 e. The van der Waals surface area contributed by atoms with Gasteiger partial charge in [-0.2, -0.15) is 4.98 Å². The molecule has 3 N–H and O–H groups in total. The number of benzene rings is 3. The van der Waals surface area contributed by atoms with Gasteiger partial charge in [-0.15, -0.1) is 0 Å². The van der Waals surface area contributed by atoms with Gasteiger partial charge in [0.15, 0.2) is 5.82 Å². The normalized spacial score (nSPS) is 10.6. The lowest BCUT2D eigenvalue weighted by Crippen LogP contribution is -2.04. The summed E-state index contributed by atoms with van der Waals surface area (Å²) in [5, 5.41) is 5.42. The molecule has 1 aromatic heterocycles. The van der Waals surface area contributed by atoms with Crippen LogP contribution in [0.25, 0.3) is 10.8 Å². The Morgan fingerprint density at radius 3 is 2.57 bits per heavy atom. The zero-order valence-corrected chi connectivity index (χ0v) is 15.6. The third kappa shape index (κ3) is 3.53. The van der Waals surface area contributed by atoms with Gasteiger partial charge >= 0.3 is 0 Å². The molecule has 6 nitrogen and oxygen atoms in total. The van der Waals surface area contributed by atoms with Crippen molar-refractivity contribution in [2.45, 2.75) is 6.92 Å². The summed E-state index contributed by atoms with van der Waals surface area (Å²) in [7, 11) is 1.62. The van der Waals surface area contributed by atoms with Gasteiger partial charge in [0.1, 0.15) is 23.5 Å². The van der Waals surface area contributed by atoms with Crippen molar-refractivity contribution in [2.75, 3.05) is 18.2 Å². The van der Waals surface area contributed by atoms with Gasteiger partial charge in [0.25, 0.3) is 0 Å². The highest BCUT2D eigenvalue weighted by atomic mass is 16.5. The Morgan fingerprint density at radius 2 is 1.75 bits per heavy atom. The summed E-state index contributed by atoms with van der Waals surface area (Å²) in [4.78, 5) is 8.43. The summed E-state index contributed by atoms with van der Waals surface area (Å²) < 4.78 is 11.3. The first-order chi connectivity index (χ1) is 13.6. The second-order valence-corrected chi connectivity index (χ2v) is 6.38. The first-order valence-electron chi connectivity index (χ1n) is 8.83. The minimum absolute atomic E-state index is 0.291. The van der Waals surface area contributed by atoms with Gasteiger partial charge in [0.05, 0.1) is 12.8 Å². The molecule has 0 unspecified atom stereocenters. The Labute approximate surface area is 163 Å². The molecule has 3 aromatic carbocycles. The number of hydrogen-bond acceptors (Lipinski definition) is 6. The van der Waals surface area contributed by atoms with E-state index >= 15 is 0 Å². The SMILES string of the molecule is COc1ccc(C)cc1Nc1ncnc(Oc2ccc3ccccc3c2)c1N. The third-order valence-corrected chi connectivity index (χ3v) is 4.39. The van der Waals surface area contributed by atoms with Crippen LogP contribution < -0.4 is 20.5 Å². The molecule has 0 atom stereocenters. The van der Waals surface area contributed by atoms with Crippen molar-refractivity contribution in [1.29, 1.82) is 0 Å². The van der Waals surface area contributed by atoms with Crippen LogP contribution in [0, 0.1) is 6.92 Å². The number of ether oxygens (including phenoxy) is 2. The van der Waals surface area contributed by atoms with Gasteiger partial charge in [-0.25, -0.2) is 4.98 Å². The summed E-state index contributed by atoms with van der Waals surface area (Å²) in [5.74, 6) is 2.10. The van der Waals surface area contributed by atoms with Crippen molar-refractivity contribution in [1.82, 2.24) is 9.97 Å². The molecule has 28 heavy (non-hydrogen) atoms. The highest BCUT2D eigenvalue weighted by Gasteiger charge is 2.13. The maximum absolute atomic E-state index is 6.27. The number of methoxy groups -OCH3 is 1. The number of anilines is 3. The van der Waals surface area contributed by atoms with Crippen LogP contribution in [0.15, 0.2) is 67.0 Å². The summed E-state index contributed by atoms with van der Waals surface area (Å²) in [5.41, 5.74) is 8.44. The van der Waals surface area contributed by atoms with Crippen molar-refractivity contribution in [3.05, 3.63) is 72.6 Å². The molecule has 0 aliphatic carbocycles. The lowest BCUT2D eigenvalue weighted by molar-refractivity contribution is 0.416. The Hall–Kier alpha value is -3.80. The van der Waals surface area contributed by atoms with Gasteiger partial charge in [-0.1, -0.05) is 36.4 Å². The molecule has 4 aromatic rings. The number of hydrogen-bond donors (Lipinski definition) is 2. The van der Waals surface area contributed by atoms with E-state index in [-0.39, 0.29) is 0 Å². The van der Waals surface area contributed by atoms with E-state index in [4.69, 9.17) is 15.2 Å². The monoisotopic (exact) mass is 372 g/mol. The number of fused-ring (bicyclic) bond motifs is 1. The van der Waals surface area contributed by atoms with Crippen molar-refractivity contribution in [3.8, 4) is 17.4 Å². The van der Waals surface area contributed by atoms with E-state index in [0.29, 0.717) is 28.9 Å². The van der Waals surface area contributed by atoms with E-state index in [1.54, 1.807) is 7.11 Å². The summed E-state index contributed by atoms with van der Waals surface area (Å²) in [6.07, 6.45) is 1.41. The van der Waals surface area contributed by atoms with E-state index in [1.165, 1.54) is 6.33 Å². The molecule has 0 radical (unpaired) electrons. The topological polar surface area (TPSA) is 82.3 Å². The number of nitrogen functional groups attached to an aromatic ring is 1. The second-order valence-electron chi connectivity index (χ2n) is 6.38. The molecule has 0 amide bonds. The molecule has 0 saturated heterocycles. The number of aryl methyl sites for hydroxylation is 1. The highest BCUT2D eigenvalue weighted by Crippen LogP contribution is 2.34. The minimum atomic E-state index is 0.291. The van der Waals surface area contributed by atoms with Gasteiger partial charge in [-0.05, 0) is 47.5 Å². The molecule has 0 aliphatic rings. The van der Waals surface area contributed by atoms with Gasteiger partial charge < -0.3 is 20.5 Å². The fourth-order valence-electron chi connectivity index (χ4n) is 2.95. The maximum atomic E-state index is 6.27. The average molecular weight is 372 g/mol. The Balaban J connectivity index is 1.64. The number of aromatic nitrogens is 2. The number of rotatable bonds is 5. The van der Waals surface area contributed by atoms with E-state index in [1.807, 2.05) is 61.5 Å². The van der Waals surface area contributed by atoms with E-state index in [2.05, 4.69) is 21.4 Å². The first-order valence-corrected chi connectivity index (χ1v) is 8.83. The van der Waals surface area contributed by atoms with Crippen molar-refractivity contribution in [2.24, 2.45) is 0 Å². The van der Waals surface area contributed by atoms with Crippen LogP contribution in [-0.4, -0.2) is 17.1 Å². The molecule has 0 saturated carbocycles. The van der Waals surface area contributed by atoms with Crippen LogP contribution in [0.2, 0.25) is 0 Å². The zero-order valence-electron chi connectivity index (χ0n) is 15.6. The van der Waals surface area contributed by atoms with E-state index < -0.39 is 0 Å². The van der Waals surface area contributed by atoms with Gasteiger partial charge in [-0.3, -0.25) is 0 Å². The van der Waals surface area contributed by atoms with Crippen LogP contribution in [-0.2, 0) is 0 Å². The fourth-order valence-corrected chi connectivity index (χ4v) is 2.95. The molecular weight excluding hydrogens is 352 g/mol. The Kier molecular flexibility index (Phi) is 4.68. The standard InChI is InChI=1S/C22H20N4O2/c1-14-7-10-19(27-2)18(11-14)26-21-20(23)22(25-13-24-21)28-17-9-8-15-5-3-4-6-16(15)12-17/h3-13H,23H2,1-2H3,(H,24,25,26). The average Bonchev–Trinajstić information content (AvgIpc) is 2.71. The van der Waals surface area contributed by atoms with Crippen LogP contribution in [0.3, 0.4) is 0 Å². The summed E-state index contributed by atoms with van der Waals surface area (Å²) >= 11 is 0. The molecule has 4 rings (SSSR count). The highest BCUT2D eigenvalue weighted by molar-refractivity contribution is 5.84. The predicted octanol–water partition coefficient (Wildman–Crippen LogP) is 5.06. The van der Waals surface area contributed by atoms with Crippen molar-refractivity contribution >= 4 is 28.0 Å². The zero-order chi connectivity index (χ0) is 19.5. The van der Waals surface area contributed by atoms with Crippen molar-refractivity contribution in [3.63, 3.8) is 0 Å². The van der Waals surface area contributed by atoms with Crippen molar-refractivity contribution < 1.29 is 9.47 Å². The van der Waals surface area contributed by atoms with E-state index in [9.17, 15) is 0 Å². The number of nitrogens with zero attached hydrogens (tertiary/aromatic N) is 2. The molecule has 0 aliphatic heterocycles. The maximum Gasteiger partial charge on any atom is 0.248 e. The van der Waals surface area contributed by atoms with E-state index in [0.717, 1.165) is 22.0 Å². The third-order valence-electron chi connectivity index (χ3n) is 4.39. The number of nitrogens with one attached hydrogen (secondary N) is 1. The summed E-state index contributed by atoms with van der Waals surface area (Å²) in [6.45, 7) is 2.00. The Morgan fingerprint density at radius 1 is 0.929 bits per heavy atom.